The van der Waals surface area contributed by atoms with Crippen LogP contribution in [0.5, 0.6) is 0 Å². The van der Waals surface area contributed by atoms with Gasteiger partial charge in [-0.25, -0.2) is 4.79 Å². The molecule has 38 heavy (non-hydrogen) atoms. The molecule has 4 amide bonds. The van der Waals surface area contributed by atoms with Crippen molar-refractivity contribution in [2.75, 3.05) is 18.4 Å². The second-order valence-corrected chi connectivity index (χ2v) is 11.2. The molecule has 2 aliphatic rings. The molecule has 1 aliphatic carbocycles. The normalized spacial score (nSPS) is 21.8. The van der Waals surface area contributed by atoms with Gasteiger partial charge in [0.05, 0.1) is 10.0 Å². The minimum Gasteiger partial charge on any atom is -0.350 e. The van der Waals surface area contributed by atoms with Crippen LogP contribution in [0.25, 0.3) is 0 Å². The molecule has 2 aromatic carbocycles. The van der Waals surface area contributed by atoms with E-state index in [1.165, 1.54) is 15.9 Å². The van der Waals surface area contributed by atoms with E-state index >= 15 is 0 Å². The quantitative estimate of drug-likeness (QED) is 0.467. The standard InChI is InChI=1S/C28H35Cl2N5O3/c1-17(2)18-4-9-22(10-5-18)33-28(38)35-15-3-14-34(27(37)19-6-13-23(29)24(30)16-19)26(35)25(36)32-21-11-7-20(31)8-12-21/h4-6,9-10,13,16-17,20-21,26H,3,7-8,11-12,14-15,31H2,1-2H3,(H,32,36)(H,33,38). The van der Waals surface area contributed by atoms with Crippen molar-refractivity contribution in [1.82, 2.24) is 15.1 Å². The number of carbonyl (C=O) groups excluding carboxylic acids is 3. The molecule has 1 unspecified atom stereocenters. The van der Waals surface area contributed by atoms with Crippen molar-refractivity contribution in [3.63, 3.8) is 0 Å². The predicted octanol–water partition coefficient (Wildman–Crippen LogP) is 5.21. The minimum absolute atomic E-state index is 0.0559. The van der Waals surface area contributed by atoms with Crippen molar-refractivity contribution >= 4 is 46.7 Å². The van der Waals surface area contributed by atoms with Crippen molar-refractivity contribution in [1.29, 1.82) is 0 Å². The van der Waals surface area contributed by atoms with Gasteiger partial charge < -0.3 is 21.3 Å². The first-order valence-electron chi connectivity index (χ1n) is 13.1. The lowest BCUT2D eigenvalue weighted by molar-refractivity contribution is -0.133. The van der Waals surface area contributed by atoms with Crippen molar-refractivity contribution in [3.8, 4) is 0 Å². The van der Waals surface area contributed by atoms with Crippen LogP contribution in [0.1, 0.15) is 67.8 Å². The molecule has 1 saturated carbocycles. The van der Waals surface area contributed by atoms with E-state index in [2.05, 4.69) is 24.5 Å². The maximum atomic E-state index is 13.7. The molecular weight excluding hydrogens is 525 g/mol. The summed E-state index contributed by atoms with van der Waals surface area (Å²) in [6.07, 6.45) is 2.56. The number of hydrogen-bond donors (Lipinski definition) is 3. The van der Waals surface area contributed by atoms with Crippen LogP contribution in [0.15, 0.2) is 42.5 Å². The monoisotopic (exact) mass is 559 g/mol. The van der Waals surface area contributed by atoms with Gasteiger partial charge in [-0.1, -0.05) is 49.2 Å². The third-order valence-electron chi connectivity index (χ3n) is 7.26. The molecule has 1 saturated heterocycles. The molecule has 0 aromatic heterocycles. The van der Waals surface area contributed by atoms with Crippen LogP contribution in [0.4, 0.5) is 10.5 Å². The van der Waals surface area contributed by atoms with Gasteiger partial charge in [0.2, 0.25) is 0 Å². The van der Waals surface area contributed by atoms with Gasteiger partial charge in [0, 0.05) is 36.4 Å². The summed E-state index contributed by atoms with van der Waals surface area (Å²) in [5.74, 6) is -0.415. The Bertz CT molecular complexity index is 1170. The molecule has 204 valence electrons. The second-order valence-electron chi connectivity index (χ2n) is 10.4. The number of anilines is 1. The zero-order chi connectivity index (χ0) is 27.4. The fraction of sp³-hybridized carbons (Fsp3) is 0.464. The van der Waals surface area contributed by atoms with Crippen molar-refractivity contribution in [2.45, 2.75) is 70.1 Å². The number of urea groups is 1. The van der Waals surface area contributed by atoms with E-state index < -0.39 is 18.1 Å². The molecule has 0 bridgehead atoms. The first-order valence-corrected chi connectivity index (χ1v) is 13.9. The molecule has 1 aliphatic heterocycles. The van der Waals surface area contributed by atoms with Gasteiger partial charge >= 0.3 is 6.03 Å². The summed E-state index contributed by atoms with van der Waals surface area (Å²) < 4.78 is 0. The summed E-state index contributed by atoms with van der Waals surface area (Å²) in [5, 5.41) is 6.55. The maximum absolute atomic E-state index is 13.7. The van der Waals surface area contributed by atoms with Crippen LogP contribution in [-0.2, 0) is 4.79 Å². The number of rotatable bonds is 5. The van der Waals surface area contributed by atoms with E-state index in [-0.39, 0.29) is 23.0 Å². The summed E-state index contributed by atoms with van der Waals surface area (Å²) in [4.78, 5) is 43.7. The van der Waals surface area contributed by atoms with Gasteiger partial charge in [-0.3, -0.25) is 14.5 Å². The summed E-state index contributed by atoms with van der Waals surface area (Å²) in [7, 11) is 0. The molecule has 0 spiro atoms. The molecule has 1 atom stereocenters. The molecule has 1 heterocycles. The molecule has 0 radical (unpaired) electrons. The number of nitrogens with two attached hydrogens (primary N) is 1. The highest BCUT2D eigenvalue weighted by atomic mass is 35.5. The molecule has 4 rings (SSSR count). The number of halogens is 2. The Kier molecular flexibility index (Phi) is 9.18. The van der Waals surface area contributed by atoms with Crippen LogP contribution in [-0.4, -0.2) is 59.0 Å². The lowest BCUT2D eigenvalue weighted by Crippen LogP contribution is -2.65. The van der Waals surface area contributed by atoms with E-state index in [9.17, 15) is 14.4 Å². The largest absolute Gasteiger partial charge is 0.350 e. The van der Waals surface area contributed by atoms with Crippen LogP contribution < -0.4 is 16.4 Å². The Labute approximate surface area is 233 Å². The number of benzene rings is 2. The topological polar surface area (TPSA) is 108 Å². The molecule has 8 nitrogen and oxygen atoms in total. The predicted molar refractivity (Wildman–Crippen MR) is 151 cm³/mol. The second kappa shape index (κ2) is 12.4. The van der Waals surface area contributed by atoms with Crippen LogP contribution in [0.2, 0.25) is 10.0 Å². The fourth-order valence-corrected chi connectivity index (χ4v) is 5.31. The lowest BCUT2D eigenvalue weighted by atomic mass is 9.91. The third kappa shape index (κ3) is 6.60. The first kappa shape index (κ1) is 28.2. The third-order valence-corrected chi connectivity index (χ3v) is 8.00. The van der Waals surface area contributed by atoms with Crippen molar-refractivity contribution < 1.29 is 14.4 Å². The van der Waals surface area contributed by atoms with Crippen LogP contribution >= 0.6 is 23.2 Å². The number of hydrogen-bond acceptors (Lipinski definition) is 4. The van der Waals surface area contributed by atoms with Gasteiger partial charge in [-0.2, -0.15) is 0 Å². The molecule has 2 fully saturated rings. The van der Waals surface area contributed by atoms with Crippen LogP contribution in [0.3, 0.4) is 0 Å². The minimum atomic E-state index is -1.11. The number of amides is 4. The van der Waals surface area contributed by atoms with Gasteiger partial charge in [-0.15, -0.1) is 0 Å². The van der Waals surface area contributed by atoms with E-state index in [1.54, 1.807) is 12.1 Å². The van der Waals surface area contributed by atoms with Crippen molar-refractivity contribution in [2.24, 2.45) is 5.73 Å². The van der Waals surface area contributed by atoms with Gasteiger partial charge in [0.15, 0.2) is 6.17 Å². The Morgan fingerprint density at radius 1 is 0.921 bits per heavy atom. The average Bonchev–Trinajstić information content (AvgIpc) is 2.91. The van der Waals surface area contributed by atoms with Gasteiger partial charge in [-0.05, 0) is 73.9 Å². The SMILES string of the molecule is CC(C)c1ccc(NC(=O)N2CCCN(C(=O)c3ccc(Cl)c(Cl)c3)C2C(=O)NC2CCC(N)CC2)cc1. The van der Waals surface area contributed by atoms with Gasteiger partial charge in [0.1, 0.15) is 0 Å². The Morgan fingerprint density at radius 3 is 2.21 bits per heavy atom. The maximum Gasteiger partial charge on any atom is 0.323 e. The van der Waals surface area contributed by atoms with E-state index in [4.69, 9.17) is 28.9 Å². The zero-order valence-electron chi connectivity index (χ0n) is 21.8. The zero-order valence-corrected chi connectivity index (χ0v) is 23.3. The molecule has 2 aromatic rings. The van der Waals surface area contributed by atoms with E-state index in [0.29, 0.717) is 41.7 Å². The highest BCUT2D eigenvalue weighted by Gasteiger charge is 2.41. The van der Waals surface area contributed by atoms with Crippen molar-refractivity contribution in [3.05, 3.63) is 63.6 Å². The summed E-state index contributed by atoms with van der Waals surface area (Å²) >= 11 is 12.2. The summed E-state index contributed by atoms with van der Waals surface area (Å²) in [6.45, 7) is 4.85. The Morgan fingerprint density at radius 2 is 1.58 bits per heavy atom. The average molecular weight is 561 g/mol. The van der Waals surface area contributed by atoms with Crippen LogP contribution in [0, 0.1) is 0 Å². The summed E-state index contributed by atoms with van der Waals surface area (Å²) in [6, 6.07) is 11.9. The smallest absolute Gasteiger partial charge is 0.323 e. The summed E-state index contributed by atoms with van der Waals surface area (Å²) in [5.41, 5.74) is 8.11. The number of nitrogens with zero attached hydrogens (tertiary/aromatic N) is 2. The van der Waals surface area contributed by atoms with E-state index in [1.807, 2.05) is 24.3 Å². The molecule has 4 N–H and O–H groups in total. The van der Waals surface area contributed by atoms with Gasteiger partial charge in [0.25, 0.3) is 11.8 Å². The van der Waals surface area contributed by atoms with E-state index in [0.717, 1.165) is 31.2 Å². The Balaban J connectivity index is 1.59. The highest BCUT2D eigenvalue weighted by molar-refractivity contribution is 6.42. The molecular formula is C28H35Cl2N5O3. The lowest BCUT2D eigenvalue weighted by Gasteiger charge is -2.43. The molecule has 10 heteroatoms. The Hall–Kier alpha value is -2.81. The highest BCUT2D eigenvalue weighted by Crippen LogP contribution is 2.26. The first-order chi connectivity index (χ1) is 18.1. The number of nitrogens with one attached hydrogen (secondary N) is 2. The number of carbonyl (C=O) groups is 3. The fourth-order valence-electron chi connectivity index (χ4n) is 5.01.